The van der Waals surface area contributed by atoms with Crippen molar-refractivity contribution in [2.24, 2.45) is 0 Å². The quantitative estimate of drug-likeness (QED) is 0.665. The lowest BCUT2D eigenvalue weighted by Crippen LogP contribution is -2.30. The summed E-state index contributed by atoms with van der Waals surface area (Å²) in [5.74, 6) is 0. The van der Waals surface area contributed by atoms with Crippen LogP contribution in [0.15, 0.2) is 25.8 Å². The Kier molecular flexibility index (Phi) is 11.0. The summed E-state index contributed by atoms with van der Waals surface area (Å²) in [6, 6.07) is 0. The molecule has 0 aliphatic rings. The molecule has 0 fully saturated rings. The van der Waals surface area contributed by atoms with Crippen LogP contribution >= 0.6 is 10.9 Å². The molecular weight excluding hydrogens is 257 g/mol. The third-order valence-corrected chi connectivity index (χ3v) is 2.00. The van der Waals surface area contributed by atoms with Crippen molar-refractivity contribution in [3.63, 3.8) is 0 Å². The molecule has 0 aromatic carbocycles. The minimum Gasteiger partial charge on any atom is -0.301 e. The second-order valence-corrected chi connectivity index (χ2v) is 5.17. The fourth-order valence-electron chi connectivity index (χ4n) is 0.396. The molecule has 0 spiro atoms. The van der Waals surface area contributed by atoms with Gasteiger partial charge in [-0.05, 0) is 27.7 Å². The predicted octanol–water partition coefficient (Wildman–Crippen LogP) is 4.98. The molecule has 0 bridgehead atoms. The average molecular weight is 278 g/mol. The first-order valence-corrected chi connectivity index (χ1v) is 5.96. The van der Waals surface area contributed by atoms with Gasteiger partial charge in [-0.2, -0.15) is 13.2 Å². The third-order valence-electron chi connectivity index (χ3n) is 0.668. The van der Waals surface area contributed by atoms with Crippen molar-refractivity contribution in [3.05, 3.63) is 25.8 Å². The number of rotatable bonds is 1. The summed E-state index contributed by atoms with van der Waals surface area (Å²) in [5, 5.41) is 0. The highest BCUT2D eigenvalue weighted by Gasteiger charge is 2.52. The van der Waals surface area contributed by atoms with Crippen molar-refractivity contribution in [1.29, 1.82) is 0 Å². The van der Waals surface area contributed by atoms with Crippen molar-refractivity contribution in [2.45, 2.75) is 38.8 Å². The molecule has 0 aliphatic heterocycles. The molecule has 0 saturated carbocycles. The number of hydrogen-bond acceptors (Lipinski definition) is 3. The van der Waals surface area contributed by atoms with Crippen LogP contribution in [0.5, 0.6) is 0 Å². The van der Waals surface area contributed by atoms with Gasteiger partial charge in [0.15, 0.2) is 10.9 Å². The fraction of sp³-hybridized carbons (Fsp3) is 0.600. The molecule has 0 aromatic rings. The third kappa shape index (κ3) is 13.4. The lowest BCUT2D eigenvalue weighted by Gasteiger charge is -2.34. The molecule has 2 N–H and O–H groups in total. The number of allylic oxidation sites excluding steroid dienone is 1. The van der Waals surface area contributed by atoms with Gasteiger partial charge < -0.3 is 9.11 Å². The summed E-state index contributed by atoms with van der Waals surface area (Å²) in [6.45, 7) is 15.1. The Morgan fingerprint density at radius 3 is 1.41 bits per heavy atom. The molecular formula is C10H21F3O3S. The predicted molar refractivity (Wildman–Crippen MR) is 66.9 cm³/mol. The smallest absolute Gasteiger partial charge is 0.301 e. The highest BCUT2D eigenvalue weighted by Crippen LogP contribution is 2.58. The Morgan fingerprint density at radius 1 is 1.12 bits per heavy atom. The van der Waals surface area contributed by atoms with Gasteiger partial charge in [0.2, 0.25) is 0 Å². The van der Waals surface area contributed by atoms with Crippen LogP contribution in [0.1, 0.15) is 27.7 Å². The first-order chi connectivity index (χ1) is 7.37. The van der Waals surface area contributed by atoms with Crippen molar-refractivity contribution < 1.29 is 26.5 Å². The number of halogens is 3. The molecule has 0 heterocycles. The van der Waals surface area contributed by atoms with Crippen molar-refractivity contribution in [2.75, 3.05) is 0 Å². The summed E-state index contributed by atoms with van der Waals surface area (Å²) >= 11 is 0. The Bertz CT molecular complexity index is 210. The molecule has 106 valence electrons. The van der Waals surface area contributed by atoms with E-state index in [0.29, 0.717) is 0 Å². The van der Waals surface area contributed by atoms with Gasteiger partial charge in [-0.1, -0.05) is 6.08 Å². The van der Waals surface area contributed by atoms with E-state index in [1.807, 2.05) is 6.92 Å². The van der Waals surface area contributed by atoms with Crippen LogP contribution in [-0.2, 0) is 4.18 Å². The highest BCUT2D eigenvalue weighted by molar-refractivity contribution is 8.21. The van der Waals surface area contributed by atoms with Crippen LogP contribution in [0, 0.1) is 0 Å². The zero-order valence-electron chi connectivity index (χ0n) is 10.5. The maximum Gasteiger partial charge on any atom is 0.493 e. The second kappa shape index (κ2) is 8.57. The lowest BCUT2D eigenvalue weighted by atomic mass is 10.2. The Morgan fingerprint density at radius 2 is 1.35 bits per heavy atom. The van der Waals surface area contributed by atoms with Gasteiger partial charge >= 0.3 is 5.51 Å². The molecule has 0 aromatic heterocycles. The minimum atomic E-state index is -5.12. The summed E-state index contributed by atoms with van der Waals surface area (Å²) in [6.07, 6.45) is 1.75. The standard InChI is InChI=1S/C5H11F3O3S.C3H6.C2H4/c1-4(2,3)11-12(9,10)5(6,7)8;1-3-2;1-2/h9-10H,1-3H3;3H,1H2,2H3;1-2H2. The lowest BCUT2D eigenvalue weighted by molar-refractivity contribution is -0.0756. The van der Waals surface area contributed by atoms with E-state index in [2.05, 4.69) is 23.9 Å². The molecule has 0 saturated heterocycles. The topological polar surface area (TPSA) is 49.7 Å². The number of alkyl halides is 3. The molecule has 0 amide bonds. The van der Waals surface area contributed by atoms with Crippen LogP contribution in [0.4, 0.5) is 13.2 Å². The van der Waals surface area contributed by atoms with Crippen molar-refractivity contribution >= 4 is 10.9 Å². The summed E-state index contributed by atoms with van der Waals surface area (Å²) in [5.41, 5.74) is -6.37. The van der Waals surface area contributed by atoms with E-state index in [1.54, 1.807) is 6.08 Å². The normalized spacial score (nSPS) is 12.5. The van der Waals surface area contributed by atoms with Crippen molar-refractivity contribution in [3.8, 4) is 0 Å². The van der Waals surface area contributed by atoms with Gasteiger partial charge in [0.25, 0.3) is 0 Å². The molecule has 7 heteroatoms. The SMILES string of the molecule is C=C.C=CC.CC(C)(C)OS(O)(O)C(F)(F)F. The monoisotopic (exact) mass is 278 g/mol. The molecule has 3 nitrogen and oxygen atoms in total. The van der Waals surface area contributed by atoms with Gasteiger partial charge in [0.05, 0.1) is 5.60 Å². The summed E-state index contributed by atoms with van der Waals surface area (Å²) in [4.78, 5) is 0. The average Bonchev–Trinajstić information content (AvgIpc) is 2.02. The zero-order valence-corrected chi connectivity index (χ0v) is 11.4. The van der Waals surface area contributed by atoms with E-state index in [-0.39, 0.29) is 0 Å². The maximum atomic E-state index is 11.8. The van der Waals surface area contributed by atoms with E-state index >= 15 is 0 Å². The van der Waals surface area contributed by atoms with E-state index in [4.69, 9.17) is 9.11 Å². The molecule has 0 rings (SSSR count). The Labute approximate surface area is 103 Å². The molecule has 0 unspecified atom stereocenters. The van der Waals surface area contributed by atoms with E-state index in [1.165, 1.54) is 20.8 Å². The molecule has 17 heavy (non-hydrogen) atoms. The first-order valence-electron chi connectivity index (χ1n) is 4.49. The summed E-state index contributed by atoms with van der Waals surface area (Å²) < 4.78 is 56.3. The number of hydrogen-bond donors (Lipinski definition) is 2. The van der Waals surface area contributed by atoms with Gasteiger partial charge in [-0.3, -0.25) is 4.18 Å². The Hall–Kier alpha value is -0.500. The summed E-state index contributed by atoms with van der Waals surface area (Å²) in [7, 11) is -4.96. The zero-order chi connectivity index (χ0) is 14.9. The van der Waals surface area contributed by atoms with E-state index in [9.17, 15) is 13.2 Å². The van der Waals surface area contributed by atoms with Gasteiger partial charge in [-0.25, -0.2) is 0 Å². The highest BCUT2D eigenvalue weighted by atomic mass is 32.3. The van der Waals surface area contributed by atoms with Gasteiger partial charge in [-0.15, -0.1) is 19.7 Å². The van der Waals surface area contributed by atoms with Gasteiger partial charge in [0, 0.05) is 0 Å². The largest absolute Gasteiger partial charge is 0.493 e. The Balaban J connectivity index is -0.000000337. The maximum absolute atomic E-state index is 11.8. The van der Waals surface area contributed by atoms with E-state index in [0.717, 1.165) is 0 Å². The van der Waals surface area contributed by atoms with Crippen LogP contribution in [0.25, 0.3) is 0 Å². The first kappa shape index (κ1) is 21.8. The van der Waals surface area contributed by atoms with Crippen LogP contribution in [0.3, 0.4) is 0 Å². The van der Waals surface area contributed by atoms with Crippen LogP contribution in [0.2, 0.25) is 0 Å². The fourth-order valence-corrected chi connectivity index (χ4v) is 1.19. The molecule has 0 atom stereocenters. The van der Waals surface area contributed by atoms with E-state index < -0.39 is 22.0 Å². The van der Waals surface area contributed by atoms with Crippen LogP contribution in [-0.4, -0.2) is 20.2 Å². The van der Waals surface area contributed by atoms with Crippen LogP contribution < -0.4 is 0 Å². The second-order valence-electron chi connectivity index (χ2n) is 3.55. The molecule has 0 aliphatic carbocycles. The van der Waals surface area contributed by atoms with Gasteiger partial charge in [0.1, 0.15) is 0 Å². The van der Waals surface area contributed by atoms with Crippen molar-refractivity contribution in [1.82, 2.24) is 0 Å². The molecule has 0 radical (unpaired) electrons. The minimum absolute atomic E-state index is 1.24.